The molecule has 3 aliphatic rings. The Kier molecular flexibility index (Phi) is 2.91. The van der Waals surface area contributed by atoms with Crippen LogP contribution in [0.4, 0.5) is 0 Å². The maximum Gasteiger partial charge on any atom is 0.130 e. The number of aryl methyl sites for hydroxylation is 1. The van der Waals surface area contributed by atoms with Gasteiger partial charge in [0.1, 0.15) is 11.4 Å². The van der Waals surface area contributed by atoms with Crippen molar-refractivity contribution in [2.45, 2.75) is 57.0 Å². The van der Waals surface area contributed by atoms with E-state index in [0.717, 1.165) is 38.5 Å². The molecule has 5 atom stereocenters. The predicted octanol–water partition coefficient (Wildman–Crippen LogP) is 3.61. The highest BCUT2D eigenvalue weighted by molar-refractivity contribution is 5.40. The third-order valence-corrected chi connectivity index (χ3v) is 7.10. The minimum atomic E-state index is -0.919. The molecule has 1 aromatic carbocycles. The summed E-state index contributed by atoms with van der Waals surface area (Å²) in [5.74, 6) is 4.82. The Balaban J connectivity index is 1.72. The van der Waals surface area contributed by atoms with Gasteiger partial charge in [-0.15, -0.1) is 6.42 Å². The molecule has 2 N–H and O–H groups in total. The largest absolute Gasteiger partial charge is 0.508 e. The fourth-order valence-corrected chi connectivity index (χ4v) is 5.82. The maximum absolute atomic E-state index is 10.9. The second kappa shape index (κ2) is 4.52. The van der Waals surface area contributed by atoms with E-state index in [9.17, 15) is 10.2 Å². The molecule has 4 unspecified atom stereocenters. The smallest absolute Gasteiger partial charge is 0.130 e. The van der Waals surface area contributed by atoms with E-state index in [1.807, 2.05) is 12.1 Å². The number of hydrogen-bond acceptors (Lipinski definition) is 2. The number of aliphatic hydroxyl groups is 1. The zero-order chi connectivity index (χ0) is 15.5. The first-order chi connectivity index (χ1) is 10.5. The van der Waals surface area contributed by atoms with Gasteiger partial charge in [-0.05, 0) is 79.5 Å². The first-order valence-electron chi connectivity index (χ1n) is 8.50. The van der Waals surface area contributed by atoms with Crippen LogP contribution in [0.1, 0.15) is 56.1 Å². The molecule has 2 saturated carbocycles. The van der Waals surface area contributed by atoms with Gasteiger partial charge in [-0.1, -0.05) is 18.9 Å². The van der Waals surface area contributed by atoms with Crippen LogP contribution in [0, 0.1) is 29.6 Å². The van der Waals surface area contributed by atoms with Gasteiger partial charge < -0.3 is 10.2 Å². The fourth-order valence-electron chi connectivity index (χ4n) is 5.82. The number of hydrogen-bond donors (Lipinski definition) is 2. The molecule has 1 aromatic rings. The predicted molar refractivity (Wildman–Crippen MR) is 86.5 cm³/mol. The van der Waals surface area contributed by atoms with Crippen molar-refractivity contribution in [2.24, 2.45) is 17.3 Å². The Morgan fingerprint density at radius 3 is 2.82 bits per heavy atom. The molecular weight excluding hydrogens is 272 g/mol. The van der Waals surface area contributed by atoms with Crippen LogP contribution in [0.25, 0.3) is 0 Å². The van der Waals surface area contributed by atoms with Crippen molar-refractivity contribution in [3.8, 4) is 18.1 Å². The molecule has 2 heteroatoms. The number of phenols is 1. The standard InChI is InChI=1S/C20H24O2/c1-3-20(22)11-9-18-17-6-4-13-12-14(21)5-7-15(13)16(17)8-10-19(18,20)2/h1,5,7,12,16-18,21-22H,4,6,8-11H2,2H3/t16?,17?,18?,19-,20?/m0/s1. The van der Waals surface area contributed by atoms with Gasteiger partial charge >= 0.3 is 0 Å². The summed E-state index contributed by atoms with van der Waals surface area (Å²) in [7, 11) is 0. The van der Waals surface area contributed by atoms with Crippen molar-refractivity contribution in [3.05, 3.63) is 29.3 Å². The number of aromatic hydroxyl groups is 1. The molecule has 3 aliphatic carbocycles. The first kappa shape index (κ1) is 14.2. The minimum absolute atomic E-state index is 0.128. The summed E-state index contributed by atoms with van der Waals surface area (Å²) in [4.78, 5) is 0. The average molecular weight is 296 g/mol. The molecule has 0 radical (unpaired) electrons. The number of benzene rings is 1. The fraction of sp³-hybridized carbons (Fsp3) is 0.600. The number of phenolic OH excluding ortho intramolecular Hbond substituents is 1. The Labute approximate surface area is 132 Å². The summed E-state index contributed by atoms with van der Waals surface area (Å²) < 4.78 is 0. The monoisotopic (exact) mass is 296 g/mol. The molecule has 0 bridgehead atoms. The molecule has 0 spiro atoms. The van der Waals surface area contributed by atoms with Crippen LogP contribution in [0.2, 0.25) is 0 Å². The summed E-state index contributed by atoms with van der Waals surface area (Å²) in [6.07, 6.45) is 11.8. The topological polar surface area (TPSA) is 40.5 Å². The third kappa shape index (κ3) is 1.66. The van der Waals surface area contributed by atoms with E-state index in [0.29, 0.717) is 23.5 Å². The average Bonchev–Trinajstić information content (AvgIpc) is 2.79. The van der Waals surface area contributed by atoms with E-state index < -0.39 is 5.60 Å². The molecule has 2 fully saturated rings. The molecule has 0 aliphatic heterocycles. The highest BCUT2D eigenvalue weighted by Gasteiger charge is 2.61. The van der Waals surface area contributed by atoms with Crippen molar-refractivity contribution in [3.63, 3.8) is 0 Å². The van der Waals surface area contributed by atoms with Gasteiger partial charge in [0.25, 0.3) is 0 Å². The van der Waals surface area contributed by atoms with Gasteiger partial charge in [0.2, 0.25) is 0 Å². The summed E-state index contributed by atoms with van der Waals surface area (Å²) in [6, 6.07) is 5.87. The van der Waals surface area contributed by atoms with Gasteiger partial charge in [-0.2, -0.15) is 0 Å². The molecule has 0 heterocycles. The van der Waals surface area contributed by atoms with Gasteiger partial charge in [0, 0.05) is 5.41 Å². The maximum atomic E-state index is 10.9. The Morgan fingerprint density at radius 1 is 1.23 bits per heavy atom. The molecule has 0 aromatic heterocycles. The molecule has 0 saturated heterocycles. The van der Waals surface area contributed by atoms with Gasteiger partial charge in [0.15, 0.2) is 0 Å². The third-order valence-electron chi connectivity index (χ3n) is 7.10. The van der Waals surface area contributed by atoms with Crippen LogP contribution in [0.3, 0.4) is 0 Å². The highest BCUT2D eigenvalue weighted by atomic mass is 16.3. The minimum Gasteiger partial charge on any atom is -0.508 e. The van der Waals surface area contributed by atoms with Crippen LogP contribution in [0.5, 0.6) is 5.75 Å². The van der Waals surface area contributed by atoms with Crippen molar-refractivity contribution in [1.82, 2.24) is 0 Å². The van der Waals surface area contributed by atoms with E-state index in [-0.39, 0.29) is 5.41 Å². The summed E-state index contributed by atoms with van der Waals surface area (Å²) in [5.41, 5.74) is 1.69. The van der Waals surface area contributed by atoms with Crippen LogP contribution in [-0.2, 0) is 6.42 Å². The lowest BCUT2D eigenvalue weighted by Crippen LogP contribution is -2.50. The van der Waals surface area contributed by atoms with E-state index in [1.54, 1.807) is 0 Å². The van der Waals surface area contributed by atoms with E-state index in [1.165, 1.54) is 11.1 Å². The van der Waals surface area contributed by atoms with E-state index >= 15 is 0 Å². The number of rotatable bonds is 0. The van der Waals surface area contributed by atoms with Gasteiger partial charge in [-0.3, -0.25) is 0 Å². The molecule has 0 amide bonds. The zero-order valence-electron chi connectivity index (χ0n) is 13.2. The Morgan fingerprint density at radius 2 is 2.05 bits per heavy atom. The lowest BCUT2D eigenvalue weighted by atomic mass is 9.53. The van der Waals surface area contributed by atoms with Crippen LogP contribution in [0.15, 0.2) is 18.2 Å². The molecule has 4 rings (SSSR count). The summed E-state index contributed by atoms with van der Waals surface area (Å²) >= 11 is 0. The van der Waals surface area contributed by atoms with Crippen molar-refractivity contribution in [1.29, 1.82) is 0 Å². The molecule has 22 heavy (non-hydrogen) atoms. The van der Waals surface area contributed by atoms with E-state index in [4.69, 9.17) is 6.42 Å². The normalized spacial score (nSPS) is 42.9. The quantitative estimate of drug-likeness (QED) is 0.718. The lowest BCUT2D eigenvalue weighted by molar-refractivity contribution is -0.0646. The second-order valence-corrected chi connectivity index (χ2v) is 7.80. The second-order valence-electron chi connectivity index (χ2n) is 7.80. The molecule has 116 valence electrons. The van der Waals surface area contributed by atoms with Crippen molar-refractivity contribution in [2.75, 3.05) is 0 Å². The Bertz CT molecular complexity index is 658. The zero-order valence-corrected chi connectivity index (χ0v) is 13.2. The lowest BCUT2D eigenvalue weighted by Gasteiger charge is -2.52. The van der Waals surface area contributed by atoms with Gasteiger partial charge in [0.05, 0.1) is 0 Å². The van der Waals surface area contributed by atoms with Crippen LogP contribution in [-0.4, -0.2) is 15.8 Å². The van der Waals surface area contributed by atoms with E-state index in [2.05, 4.69) is 18.9 Å². The summed E-state index contributed by atoms with van der Waals surface area (Å²) in [6.45, 7) is 2.22. The SMILES string of the molecule is C#CC1(O)CCC2C3CCc4cc(O)ccc4C3CC[C@@]21C. The summed E-state index contributed by atoms with van der Waals surface area (Å²) in [5, 5.41) is 20.6. The number of fused-ring (bicyclic) bond motifs is 5. The Hall–Kier alpha value is -1.46. The van der Waals surface area contributed by atoms with Crippen molar-refractivity contribution >= 4 is 0 Å². The molecular formula is C20H24O2. The van der Waals surface area contributed by atoms with Crippen molar-refractivity contribution < 1.29 is 10.2 Å². The van der Waals surface area contributed by atoms with Crippen LogP contribution < -0.4 is 0 Å². The van der Waals surface area contributed by atoms with Crippen LogP contribution >= 0.6 is 0 Å². The first-order valence-corrected chi connectivity index (χ1v) is 8.50. The molecule has 2 nitrogen and oxygen atoms in total. The highest BCUT2D eigenvalue weighted by Crippen LogP contribution is 2.64. The van der Waals surface area contributed by atoms with Gasteiger partial charge in [-0.25, -0.2) is 0 Å². The number of terminal acetylenes is 1.